The van der Waals surface area contributed by atoms with Crippen LogP contribution < -0.4 is 10.1 Å². The fraction of sp³-hybridized carbons (Fsp3) is 0.450. The lowest BCUT2D eigenvalue weighted by Crippen LogP contribution is -2.10. The molecule has 1 saturated carbocycles. The number of hydrogen-bond donors (Lipinski definition) is 1. The topological polar surface area (TPSA) is 59.9 Å². The van der Waals surface area contributed by atoms with Crippen LogP contribution in [0.15, 0.2) is 24.5 Å². The molecule has 0 atom stereocenters. The first kappa shape index (κ1) is 16.0. The summed E-state index contributed by atoms with van der Waals surface area (Å²) < 4.78 is 5.83. The van der Waals surface area contributed by atoms with Crippen molar-refractivity contribution in [3.63, 3.8) is 0 Å². The monoisotopic (exact) mass is 366 g/mol. The van der Waals surface area contributed by atoms with Gasteiger partial charge in [0.05, 0.1) is 11.6 Å². The summed E-state index contributed by atoms with van der Waals surface area (Å²) >= 11 is 1.84. The zero-order valence-corrected chi connectivity index (χ0v) is 15.5. The van der Waals surface area contributed by atoms with Crippen molar-refractivity contribution >= 4 is 27.4 Å². The maximum atomic E-state index is 5.83. The molecule has 5 rings (SSSR count). The van der Waals surface area contributed by atoms with Gasteiger partial charge in [-0.05, 0) is 62.1 Å². The van der Waals surface area contributed by atoms with Crippen molar-refractivity contribution < 1.29 is 4.74 Å². The summed E-state index contributed by atoms with van der Waals surface area (Å²) in [6.45, 7) is 1.38. The highest BCUT2D eigenvalue weighted by molar-refractivity contribution is 7.19. The molecule has 3 aromatic heterocycles. The molecule has 3 heterocycles. The van der Waals surface area contributed by atoms with E-state index in [-0.39, 0.29) is 0 Å². The Kier molecular flexibility index (Phi) is 4.21. The zero-order chi connectivity index (χ0) is 17.3. The third-order valence-corrected chi connectivity index (χ3v) is 6.30. The van der Waals surface area contributed by atoms with E-state index in [0.717, 1.165) is 41.1 Å². The second-order valence-electron chi connectivity index (χ2n) is 7.18. The fourth-order valence-electron chi connectivity index (χ4n) is 3.54. The molecule has 0 spiro atoms. The van der Waals surface area contributed by atoms with Gasteiger partial charge in [0, 0.05) is 17.6 Å². The molecule has 2 aliphatic rings. The first-order valence-electron chi connectivity index (χ1n) is 9.44. The Morgan fingerprint density at radius 2 is 2.12 bits per heavy atom. The third-order valence-electron chi connectivity index (χ3n) is 5.12. The van der Waals surface area contributed by atoms with Gasteiger partial charge in [-0.25, -0.2) is 9.97 Å². The lowest BCUT2D eigenvalue weighted by atomic mass is 9.97. The predicted octanol–water partition coefficient (Wildman–Crippen LogP) is 4.37. The van der Waals surface area contributed by atoms with Crippen LogP contribution in [0.3, 0.4) is 0 Å². The maximum absolute atomic E-state index is 5.83. The summed E-state index contributed by atoms with van der Waals surface area (Å²) in [5.41, 5.74) is 1.48. The minimum absolute atomic E-state index is 0.363. The molecular weight excluding hydrogens is 344 g/mol. The molecule has 1 N–H and O–H groups in total. The molecule has 0 aromatic carbocycles. The van der Waals surface area contributed by atoms with Crippen molar-refractivity contribution in [2.45, 2.75) is 45.1 Å². The van der Waals surface area contributed by atoms with Gasteiger partial charge >= 0.3 is 0 Å². The van der Waals surface area contributed by atoms with Crippen LogP contribution >= 0.6 is 11.3 Å². The minimum Gasteiger partial charge on any atom is -0.484 e. The average Bonchev–Trinajstić information content (AvgIpc) is 3.44. The number of hydrogen-bond acceptors (Lipinski definition) is 6. The van der Waals surface area contributed by atoms with E-state index in [4.69, 9.17) is 14.7 Å². The normalized spacial score (nSPS) is 16.5. The van der Waals surface area contributed by atoms with Crippen LogP contribution in [0.4, 0.5) is 5.82 Å². The molecule has 134 valence electrons. The summed E-state index contributed by atoms with van der Waals surface area (Å²) in [6.07, 6.45) is 11.0. The van der Waals surface area contributed by atoms with Gasteiger partial charge in [0.1, 0.15) is 23.0 Å². The first-order valence-corrected chi connectivity index (χ1v) is 10.3. The van der Waals surface area contributed by atoms with Crippen molar-refractivity contribution in [1.29, 1.82) is 0 Å². The second kappa shape index (κ2) is 6.83. The van der Waals surface area contributed by atoms with Crippen molar-refractivity contribution in [3.8, 4) is 5.75 Å². The number of ether oxygens (including phenoxy) is 1. The van der Waals surface area contributed by atoms with Crippen molar-refractivity contribution in [3.05, 3.63) is 40.8 Å². The maximum Gasteiger partial charge on any atom is 0.169 e. The van der Waals surface area contributed by atoms with E-state index in [1.54, 1.807) is 12.4 Å². The van der Waals surface area contributed by atoms with Crippen molar-refractivity contribution in [1.82, 2.24) is 15.0 Å². The van der Waals surface area contributed by atoms with Crippen LogP contribution in [-0.2, 0) is 19.4 Å². The molecule has 3 aromatic rings. The van der Waals surface area contributed by atoms with Crippen molar-refractivity contribution in [2.24, 2.45) is 5.92 Å². The Balaban J connectivity index is 1.47. The number of rotatable bonds is 6. The standard InChI is InChI=1S/C20H22N4OS/c1-2-6-16-15(5-1)18-19(22-10-13-7-8-13)23-17(24-20(18)26-16)12-25-14-4-3-9-21-11-14/h3-4,9,11,13H,1-2,5-8,10,12H2,(H,22,23,24). The molecule has 1 fully saturated rings. The van der Waals surface area contributed by atoms with E-state index in [1.165, 1.54) is 47.9 Å². The molecule has 26 heavy (non-hydrogen) atoms. The fourth-order valence-corrected chi connectivity index (χ4v) is 4.82. The number of aromatic nitrogens is 3. The van der Waals surface area contributed by atoms with E-state index in [2.05, 4.69) is 10.3 Å². The van der Waals surface area contributed by atoms with Crippen LogP contribution in [0.1, 0.15) is 41.9 Å². The highest BCUT2D eigenvalue weighted by Gasteiger charge is 2.24. The highest BCUT2D eigenvalue weighted by atomic mass is 32.1. The van der Waals surface area contributed by atoms with Gasteiger partial charge in [-0.15, -0.1) is 11.3 Å². The Morgan fingerprint density at radius 1 is 1.19 bits per heavy atom. The molecule has 0 amide bonds. The van der Waals surface area contributed by atoms with Crippen LogP contribution in [0.25, 0.3) is 10.2 Å². The van der Waals surface area contributed by atoms with Gasteiger partial charge < -0.3 is 10.1 Å². The second-order valence-corrected chi connectivity index (χ2v) is 8.26. The molecule has 0 aliphatic heterocycles. The van der Waals surface area contributed by atoms with Crippen LogP contribution in [0.2, 0.25) is 0 Å². The zero-order valence-electron chi connectivity index (χ0n) is 14.7. The Labute approximate surface area is 156 Å². The van der Waals surface area contributed by atoms with E-state index in [0.29, 0.717) is 6.61 Å². The Hall–Kier alpha value is -2.21. The third kappa shape index (κ3) is 3.26. The number of aryl methyl sites for hydroxylation is 2. The number of nitrogens with zero attached hydrogens (tertiary/aromatic N) is 3. The van der Waals surface area contributed by atoms with Gasteiger partial charge in [0.25, 0.3) is 0 Å². The summed E-state index contributed by atoms with van der Waals surface area (Å²) in [4.78, 5) is 16.4. The van der Waals surface area contributed by atoms with Crippen LogP contribution in [0, 0.1) is 5.92 Å². The van der Waals surface area contributed by atoms with Crippen LogP contribution in [0.5, 0.6) is 5.75 Å². The van der Waals surface area contributed by atoms with Gasteiger partial charge in [-0.2, -0.15) is 0 Å². The smallest absolute Gasteiger partial charge is 0.169 e. The summed E-state index contributed by atoms with van der Waals surface area (Å²) in [7, 11) is 0. The predicted molar refractivity (Wildman–Crippen MR) is 104 cm³/mol. The number of pyridine rings is 1. The molecule has 6 heteroatoms. The first-order chi connectivity index (χ1) is 12.9. The minimum atomic E-state index is 0.363. The number of fused-ring (bicyclic) bond motifs is 3. The highest BCUT2D eigenvalue weighted by Crippen LogP contribution is 2.39. The number of nitrogens with one attached hydrogen (secondary N) is 1. The molecular formula is C20H22N4OS. The van der Waals surface area contributed by atoms with E-state index >= 15 is 0 Å². The van der Waals surface area contributed by atoms with Crippen molar-refractivity contribution in [2.75, 3.05) is 11.9 Å². The molecule has 0 bridgehead atoms. The molecule has 0 radical (unpaired) electrons. The van der Waals surface area contributed by atoms with Gasteiger partial charge in [0.2, 0.25) is 0 Å². The summed E-state index contributed by atoms with van der Waals surface area (Å²) in [6, 6.07) is 3.77. The molecule has 0 unspecified atom stereocenters. The lowest BCUT2D eigenvalue weighted by molar-refractivity contribution is 0.295. The van der Waals surface area contributed by atoms with Gasteiger partial charge in [-0.3, -0.25) is 4.98 Å². The Morgan fingerprint density at radius 3 is 2.96 bits per heavy atom. The Bertz CT molecular complexity index is 920. The van der Waals surface area contributed by atoms with E-state index in [9.17, 15) is 0 Å². The SMILES string of the molecule is c1cncc(OCc2nc(NCC3CC3)c3c4c(sc3n2)CCCC4)c1. The largest absolute Gasteiger partial charge is 0.484 e. The van der Waals surface area contributed by atoms with E-state index in [1.807, 2.05) is 23.5 Å². The van der Waals surface area contributed by atoms with Gasteiger partial charge in [0.15, 0.2) is 5.82 Å². The lowest BCUT2D eigenvalue weighted by Gasteiger charge is -2.13. The molecule has 0 saturated heterocycles. The van der Waals surface area contributed by atoms with Crippen LogP contribution in [-0.4, -0.2) is 21.5 Å². The van der Waals surface area contributed by atoms with E-state index < -0.39 is 0 Å². The van der Waals surface area contributed by atoms with Gasteiger partial charge in [-0.1, -0.05) is 0 Å². The molecule has 5 nitrogen and oxygen atoms in total. The number of thiophene rings is 1. The summed E-state index contributed by atoms with van der Waals surface area (Å²) in [5, 5.41) is 4.87. The molecule has 2 aliphatic carbocycles. The number of anilines is 1. The summed E-state index contributed by atoms with van der Waals surface area (Å²) in [5.74, 6) is 3.29. The average molecular weight is 366 g/mol. The quantitative estimate of drug-likeness (QED) is 0.702.